The molecule has 0 saturated carbocycles. The number of halogens is 1. The van der Waals surface area contributed by atoms with Crippen molar-refractivity contribution in [3.8, 4) is 0 Å². The first kappa shape index (κ1) is 20.5. The number of aliphatic hydroxyl groups is 1. The number of pyridine rings is 1. The number of allylic oxidation sites excluding steroid dienone is 1. The lowest BCUT2D eigenvalue weighted by Crippen LogP contribution is -2.33. The second kappa shape index (κ2) is 7.46. The van der Waals surface area contributed by atoms with Gasteiger partial charge in [-0.1, -0.05) is 41.9 Å². The monoisotopic (exact) mass is 469 g/mol. The van der Waals surface area contributed by atoms with Crippen molar-refractivity contribution >= 4 is 46.4 Å². The molecule has 0 spiro atoms. The smallest absolute Gasteiger partial charge is 0.243 e. The summed E-state index contributed by atoms with van der Waals surface area (Å²) in [6.45, 7) is 0. The Balaban J connectivity index is 1.51. The second-order valence-electron chi connectivity index (χ2n) is 8.30. The first-order valence-corrected chi connectivity index (χ1v) is 11.0. The van der Waals surface area contributed by atoms with Crippen molar-refractivity contribution in [2.24, 2.45) is 16.8 Å². The fourth-order valence-electron chi connectivity index (χ4n) is 4.98. The molecule has 3 heterocycles. The standard InChI is InChI=1S/C26H16ClN3O4/c27-13-8-10-14(11-9-13)30-25(33)18-19(26(30)34)22(29-21(18)17-7-3-4-12-28-17)20-23(31)15-5-1-2-6-16(15)24(20)32/h1-12,18-19,21,31H/t18-,19-,21-/m0/s1. The number of carbonyl (C=O) groups is 3. The first-order valence-electron chi connectivity index (χ1n) is 10.7. The Bertz CT molecular complexity index is 1450. The number of aliphatic hydroxyl groups excluding tert-OH is 1. The quantitative estimate of drug-likeness (QED) is 0.579. The van der Waals surface area contributed by atoms with Gasteiger partial charge in [0.25, 0.3) is 0 Å². The predicted octanol–water partition coefficient (Wildman–Crippen LogP) is 4.20. The number of hydrogen-bond acceptors (Lipinski definition) is 6. The van der Waals surface area contributed by atoms with Gasteiger partial charge in [-0.05, 0) is 36.4 Å². The van der Waals surface area contributed by atoms with E-state index in [4.69, 9.17) is 11.6 Å². The topological polar surface area (TPSA) is 99.9 Å². The van der Waals surface area contributed by atoms with E-state index < -0.39 is 35.5 Å². The highest BCUT2D eigenvalue weighted by Crippen LogP contribution is 2.48. The molecule has 3 atom stereocenters. The van der Waals surface area contributed by atoms with Crippen molar-refractivity contribution in [3.63, 3.8) is 0 Å². The maximum absolute atomic E-state index is 13.7. The van der Waals surface area contributed by atoms with E-state index in [-0.39, 0.29) is 17.0 Å². The molecule has 2 aliphatic heterocycles. The third kappa shape index (κ3) is 2.80. The van der Waals surface area contributed by atoms with Gasteiger partial charge in [-0.3, -0.25) is 24.4 Å². The molecular formula is C26H16ClN3O4. The molecule has 0 unspecified atom stereocenters. The number of aromatic nitrogens is 1. The first-order chi connectivity index (χ1) is 16.5. The zero-order chi connectivity index (χ0) is 23.6. The van der Waals surface area contributed by atoms with Crippen LogP contribution in [0.2, 0.25) is 5.02 Å². The SMILES string of the molecule is O=C1C(C2=N[C@@H](c3ccccn3)[C@H]3C(=O)N(c4ccc(Cl)cc4)C(=O)[C@H]23)=C(O)c2ccccc21. The number of imide groups is 1. The van der Waals surface area contributed by atoms with Crippen LogP contribution in [0.4, 0.5) is 5.69 Å². The Morgan fingerprint density at radius 3 is 2.24 bits per heavy atom. The normalized spacial score (nSPS) is 23.4. The van der Waals surface area contributed by atoms with E-state index in [0.717, 1.165) is 4.90 Å². The zero-order valence-electron chi connectivity index (χ0n) is 17.6. The molecule has 1 aliphatic carbocycles. The Morgan fingerprint density at radius 1 is 0.853 bits per heavy atom. The van der Waals surface area contributed by atoms with Gasteiger partial charge in [0, 0.05) is 22.3 Å². The zero-order valence-corrected chi connectivity index (χ0v) is 18.3. The van der Waals surface area contributed by atoms with Crippen molar-refractivity contribution in [1.82, 2.24) is 4.98 Å². The van der Waals surface area contributed by atoms with Gasteiger partial charge in [0.05, 0.1) is 34.5 Å². The van der Waals surface area contributed by atoms with E-state index in [1.165, 1.54) is 0 Å². The lowest BCUT2D eigenvalue weighted by molar-refractivity contribution is -0.122. The van der Waals surface area contributed by atoms with Crippen LogP contribution in [0.1, 0.15) is 27.7 Å². The second-order valence-corrected chi connectivity index (χ2v) is 8.74. The lowest BCUT2D eigenvalue weighted by atomic mass is 9.84. The summed E-state index contributed by atoms with van der Waals surface area (Å²) in [5, 5.41) is 11.4. The van der Waals surface area contributed by atoms with E-state index in [1.807, 2.05) is 0 Å². The molecule has 166 valence electrons. The van der Waals surface area contributed by atoms with Gasteiger partial charge < -0.3 is 5.11 Å². The van der Waals surface area contributed by atoms with Crippen LogP contribution in [-0.4, -0.2) is 33.4 Å². The Morgan fingerprint density at radius 2 is 1.56 bits per heavy atom. The summed E-state index contributed by atoms with van der Waals surface area (Å²) in [7, 11) is 0. The highest BCUT2D eigenvalue weighted by atomic mass is 35.5. The molecule has 2 amide bonds. The number of amides is 2. The molecule has 1 aromatic heterocycles. The number of aliphatic imine (C=N–C) groups is 1. The molecule has 7 nitrogen and oxygen atoms in total. The molecule has 8 heteroatoms. The van der Waals surface area contributed by atoms with Crippen LogP contribution in [-0.2, 0) is 9.59 Å². The number of carbonyl (C=O) groups excluding carboxylic acids is 3. The minimum atomic E-state index is -1.02. The molecule has 3 aliphatic rings. The van der Waals surface area contributed by atoms with Crippen molar-refractivity contribution in [2.75, 3.05) is 4.90 Å². The van der Waals surface area contributed by atoms with Crippen LogP contribution in [0.25, 0.3) is 5.76 Å². The summed E-state index contributed by atoms with van der Waals surface area (Å²) in [5.74, 6) is -3.49. The number of hydrogen-bond donors (Lipinski definition) is 1. The molecule has 1 saturated heterocycles. The average Bonchev–Trinajstić information content (AvgIpc) is 3.45. The van der Waals surface area contributed by atoms with E-state index in [0.29, 0.717) is 27.5 Å². The Hall–Kier alpha value is -4.10. The number of Topliss-reactive ketones (excluding diaryl/α,β-unsaturated/α-hetero) is 1. The lowest BCUT2D eigenvalue weighted by Gasteiger charge is -2.18. The summed E-state index contributed by atoms with van der Waals surface area (Å²) in [5.41, 5.74) is 1.70. The van der Waals surface area contributed by atoms with Crippen LogP contribution in [0.15, 0.2) is 83.5 Å². The number of nitrogens with zero attached hydrogens (tertiary/aromatic N) is 3. The highest BCUT2D eigenvalue weighted by molar-refractivity contribution is 6.42. The molecule has 1 N–H and O–H groups in total. The third-order valence-electron chi connectivity index (χ3n) is 6.49. The molecule has 1 fully saturated rings. The summed E-state index contributed by atoms with van der Waals surface area (Å²) < 4.78 is 0. The Kier molecular flexibility index (Phi) is 4.50. The molecule has 34 heavy (non-hydrogen) atoms. The molecule has 0 bridgehead atoms. The van der Waals surface area contributed by atoms with Gasteiger partial charge >= 0.3 is 0 Å². The summed E-state index contributed by atoms with van der Waals surface area (Å²) in [6, 6.07) is 17.5. The molecule has 6 rings (SSSR count). The summed E-state index contributed by atoms with van der Waals surface area (Å²) in [6.07, 6.45) is 1.59. The van der Waals surface area contributed by atoms with E-state index in [1.54, 1.807) is 72.9 Å². The van der Waals surface area contributed by atoms with Crippen LogP contribution in [0, 0.1) is 11.8 Å². The largest absolute Gasteiger partial charge is 0.506 e. The van der Waals surface area contributed by atoms with Gasteiger partial charge in [-0.15, -0.1) is 0 Å². The number of rotatable bonds is 3. The van der Waals surface area contributed by atoms with Gasteiger partial charge in [0.1, 0.15) is 11.8 Å². The van der Waals surface area contributed by atoms with Gasteiger partial charge in [-0.2, -0.15) is 0 Å². The number of fused-ring (bicyclic) bond motifs is 2. The average molecular weight is 470 g/mol. The minimum Gasteiger partial charge on any atom is -0.506 e. The van der Waals surface area contributed by atoms with E-state index >= 15 is 0 Å². The van der Waals surface area contributed by atoms with Crippen LogP contribution >= 0.6 is 11.6 Å². The third-order valence-corrected chi connectivity index (χ3v) is 6.74. The Labute approximate surface area is 199 Å². The van der Waals surface area contributed by atoms with Crippen molar-refractivity contribution in [3.05, 3.63) is 100 Å². The highest BCUT2D eigenvalue weighted by Gasteiger charge is 2.59. The molecule has 3 aromatic rings. The molecular weight excluding hydrogens is 454 g/mol. The van der Waals surface area contributed by atoms with Crippen LogP contribution < -0.4 is 4.90 Å². The number of anilines is 1. The molecule has 2 aromatic carbocycles. The summed E-state index contributed by atoms with van der Waals surface area (Å²) in [4.78, 5) is 50.7. The van der Waals surface area contributed by atoms with Crippen LogP contribution in [0.3, 0.4) is 0 Å². The minimum absolute atomic E-state index is 0.0336. The van der Waals surface area contributed by atoms with Crippen molar-refractivity contribution in [1.29, 1.82) is 0 Å². The van der Waals surface area contributed by atoms with Crippen molar-refractivity contribution < 1.29 is 19.5 Å². The maximum Gasteiger partial charge on any atom is 0.243 e. The fraction of sp³-hybridized carbons (Fsp3) is 0.115. The fourth-order valence-corrected chi connectivity index (χ4v) is 5.10. The van der Waals surface area contributed by atoms with Crippen molar-refractivity contribution in [2.45, 2.75) is 6.04 Å². The van der Waals surface area contributed by atoms with Gasteiger partial charge in [0.2, 0.25) is 11.8 Å². The maximum atomic E-state index is 13.7. The predicted molar refractivity (Wildman–Crippen MR) is 126 cm³/mol. The van der Waals surface area contributed by atoms with Crippen LogP contribution in [0.5, 0.6) is 0 Å². The number of benzene rings is 2. The van der Waals surface area contributed by atoms with Gasteiger partial charge in [-0.25, -0.2) is 4.90 Å². The van der Waals surface area contributed by atoms with E-state index in [2.05, 4.69) is 9.98 Å². The summed E-state index contributed by atoms with van der Waals surface area (Å²) >= 11 is 5.99. The van der Waals surface area contributed by atoms with Gasteiger partial charge in [0.15, 0.2) is 5.78 Å². The van der Waals surface area contributed by atoms with E-state index in [9.17, 15) is 19.5 Å². The number of ketones is 1. The molecule has 0 radical (unpaired) electrons.